The number of allylic oxidation sites excluding steroid dienone is 6. The van der Waals surface area contributed by atoms with Crippen LogP contribution in [0.4, 0.5) is 0 Å². The Morgan fingerprint density at radius 1 is 1.00 bits per heavy atom. The van der Waals surface area contributed by atoms with E-state index in [1.54, 1.807) is 0 Å². The van der Waals surface area contributed by atoms with E-state index in [0.29, 0.717) is 0 Å². The minimum absolute atomic E-state index is 1.15. The molecule has 0 aliphatic rings. The molecule has 0 spiro atoms. The zero-order chi connectivity index (χ0) is 11.4. The van der Waals surface area contributed by atoms with Gasteiger partial charge >= 0.3 is 0 Å². The Morgan fingerprint density at radius 2 is 1.57 bits per heavy atom. The van der Waals surface area contributed by atoms with Gasteiger partial charge in [0, 0.05) is 0 Å². The third-order valence-electron chi connectivity index (χ3n) is 2.10. The van der Waals surface area contributed by atoms with Gasteiger partial charge in [-0.3, -0.25) is 0 Å². The van der Waals surface area contributed by atoms with Crippen LogP contribution in [0.5, 0.6) is 0 Å². The van der Waals surface area contributed by atoms with Crippen molar-refractivity contribution in [2.24, 2.45) is 0 Å². The monoisotopic (exact) mass is 194 g/mol. The van der Waals surface area contributed by atoms with Crippen LogP contribution >= 0.6 is 0 Å². The molecular weight excluding hydrogens is 168 g/mol. The summed E-state index contributed by atoms with van der Waals surface area (Å²) in [6.45, 7) is 12.4. The Morgan fingerprint density at radius 3 is 1.93 bits per heavy atom. The molecule has 0 aliphatic heterocycles. The van der Waals surface area contributed by atoms with Crippen molar-refractivity contribution in [3.05, 3.63) is 35.5 Å². The Hall–Kier alpha value is -0.780. The Kier molecular flexibility index (Phi) is 13.7. The molecule has 0 amide bonds. The lowest BCUT2D eigenvalue weighted by atomic mass is 10.0. The van der Waals surface area contributed by atoms with Gasteiger partial charge in [0.05, 0.1) is 0 Å². The lowest BCUT2D eigenvalue weighted by Crippen LogP contribution is -1.84. The van der Waals surface area contributed by atoms with E-state index in [4.69, 9.17) is 0 Å². The third-order valence-corrected chi connectivity index (χ3v) is 2.10. The Bertz CT molecular complexity index is 192. The predicted octanol–water partition coefficient (Wildman–Crippen LogP) is 5.28. The van der Waals surface area contributed by atoms with Crippen LogP contribution in [0, 0.1) is 0 Å². The van der Waals surface area contributed by atoms with Crippen LogP contribution in [0.1, 0.15) is 54.4 Å². The lowest BCUT2D eigenvalue weighted by Gasteiger charge is -2.04. The minimum Gasteiger partial charge on any atom is -0.0917 e. The normalized spacial score (nSPS) is 12.7. The topological polar surface area (TPSA) is 0 Å². The smallest absolute Gasteiger partial charge is 0.0245 e. The zero-order valence-corrected chi connectivity index (χ0v) is 10.7. The van der Waals surface area contributed by atoms with E-state index in [0.717, 1.165) is 12.8 Å². The van der Waals surface area contributed by atoms with Crippen LogP contribution in [-0.4, -0.2) is 0 Å². The second kappa shape index (κ2) is 12.2. The summed E-state index contributed by atoms with van der Waals surface area (Å²) >= 11 is 0. The van der Waals surface area contributed by atoms with E-state index in [2.05, 4.69) is 52.0 Å². The van der Waals surface area contributed by atoms with Crippen LogP contribution in [0.25, 0.3) is 0 Å². The summed E-state index contributed by atoms with van der Waals surface area (Å²) in [5.41, 5.74) is 2.87. The maximum absolute atomic E-state index is 2.21. The third kappa shape index (κ3) is 7.85. The zero-order valence-electron chi connectivity index (χ0n) is 10.7. The first-order valence-electron chi connectivity index (χ1n) is 5.65. The fraction of sp³-hybridized carbons (Fsp3) is 0.571. The summed E-state index contributed by atoms with van der Waals surface area (Å²) in [6, 6.07) is 0. The maximum Gasteiger partial charge on any atom is -0.0245 e. The summed E-state index contributed by atoms with van der Waals surface area (Å²) in [7, 11) is 0. The molecule has 0 aliphatic carbocycles. The molecule has 0 heteroatoms. The van der Waals surface area contributed by atoms with E-state index in [1.165, 1.54) is 11.1 Å². The predicted molar refractivity (Wildman–Crippen MR) is 68.6 cm³/mol. The van der Waals surface area contributed by atoms with Crippen molar-refractivity contribution >= 4 is 0 Å². The van der Waals surface area contributed by atoms with Gasteiger partial charge in [-0.25, -0.2) is 0 Å². The van der Waals surface area contributed by atoms with Gasteiger partial charge in [-0.1, -0.05) is 43.7 Å². The average molecular weight is 194 g/mol. The summed E-state index contributed by atoms with van der Waals surface area (Å²) in [4.78, 5) is 0. The van der Waals surface area contributed by atoms with E-state index < -0.39 is 0 Å². The van der Waals surface area contributed by atoms with Gasteiger partial charge in [-0.05, 0) is 46.1 Å². The highest BCUT2D eigenvalue weighted by molar-refractivity contribution is 5.28. The molecule has 0 radical (unpaired) electrons. The fourth-order valence-corrected chi connectivity index (χ4v) is 1.16. The van der Waals surface area contributed by atoms with Gasteiger partial charge in [0.15, 0.2) is 0 Å². The largest absolute Gasteiger partial charge is 0.0917 e. The molecule has 0 bridgehead atoms. The first kappa shape index (κ1) is 15.7. The fourth-order valence-electron chi connectivity index (χ4n) is 1.16. The van der Waals surface area contributed by atoms with E-state index >= 15 is 0 Å². The molecular formula is C14H26. The van der Waals surface area contributed by atoms with Crippen molar-refractivity contribution in [2.45, 2.75) is 54.4 Å². The molecule has 0 aromatic carbocycles. The Balaban J connectivity index is 0. The number of rotatable bonds is 4. The molecule has 0 atom stereocenters. The van der Waals surface area contributed by atoms with Gasteiger partial charge in [0.1, 0.15) is 0 Å². The SMILES string of the molecule is C/C=C\CCC(=C/C)/C(C)=C\C.CC. The molecule has 0 nitrogen and oxygen atoms in total. The highest BCUT2D eigenvalue weighted by atomic mass is 14.0. The highest BCUT2D eigenvalue weighted by Crippen LogP contribution is 2.15. The quantitative estimate of drug-likeness (QED) is 0.422. The van der Waals surface area contributed by atoms with Crippen LogP contribution in [0.15, 0.2) is 35.5 Å². The van der Waals surface area contributed by atoms with E-state index in [1.807, 2.05) is 13.8 Å². The van der Waals surface area contributed by atoms with Crippen molar-refractivity contribution in [2.75, 3.05) is 0 Å². The first-order chi connectivity index (χ1) is 6.76. The minimum atomic E-state index is 1.15. The van der Waals surface area contributed by atoms with Gasteiger partial charge in [0.25, 0.3) is 0 Å². The number of hydrogen-bond acceptors (Lipinski definition) is 0. The second-order valence-electron chi connectivity index (χ2n) is 2.89. The van der Waals surface area contributed by atoms with Crippen LogP contribution < -0.4 is 0 Å². The van der Waals surface area contributed by atoms with E-state index in [-0.39, 0.29) is 0 Å². The van der Waals surface area contributed by atoms with Crippen LogP contribution in [0.2, 0.25) is 0 Å². The number of hydrogen-bond donors (Lipinski definition) is 0. The van der Waals surface area contributed by atoms with Crippen molar-refractivity contribution < 1.29 is 0 Å². The molecule has 0 fully saturated rings. The molecule has 0 aromatic rings. The standard InChI is InChI=1S/C12H20.C2H6/c1-5-8-9-10-12(7-3)11(4)6-2;1-2/h5-8H,9-10H2,1-4H3;1-2H3/b8-5-,11-6-,12-7-;. The molecule has 82 valence electrons. The maximum atomic E-state index is 2.21. The molecule has 14 heavy (non-hydrogen) atoms. The highest BCUT2D eigenvalue weighted by Gasteiger charge is 1.95. The molecule has 0 saturated carbocycles. The van der Waals surface area contributed by atoms with Gasteiger partial charge in [-0.15, -0.1) is 0 Å². The van der Waals surface area contributed by atoms with Crippen LogP contribution in [0.3, 0.4) is 0 Å². The molecule has 0 saturated heterocycles. The van der Waals surface area contributed by atoms with Crippen molar-refractivity contribution in [3.63, 3.8) is 0 Å². The molecule has 0 rings (SSSR count). The molecule has 0 aromatic heterocycles. The summed E-state index contributed by atoms with van der Waals surface area (Å²) in [6.07, 6.45) is 11.0. The van der Waals surface area contributed by atoms with Crippen molar-refractivity contribution in [1.29, 1.82) is 0 Å². The summed E-state index contributed by atoms with van der Waals surface area (Å²) in [5.74, 6) is 0. The molecule has 0 N–H and O–H groups in total. The van der Waals surface area contributed by atoms with Crippen LogP contribution in [-0.2, 0) is 0 Å². The lowest BCUT2D eigenvalue weighted by molar-refractivity contribution is 0.978. The first-order valence-corrected chi connectivity index (χ1v) is 5.65. The van der Waals surface area contributed by atoms with E-state index in [9.17, 15) is 0 Å². The van der Waals surface area contributed by atoms with Gasteiger partial charge in [-0.2, -0.15) is 0 Å². The Labute approximate surface area is 90.4 Å². The second-order valence-corrected chi connectivity index (χ2v) is 2.89. The summed E-state index contributed by atoms with van der Waals surface area (Å²) < 4.78 is 0. The molecule has 0 unspecified atom stereocenters. The van der Waals surface area contributed by atoms with Gasteiger partial charge < -0.3 is 0 Å². The average Bonchev–Trinajstić information content (AvgIpc) is 2.26. The molecule has 0 heterocycles. The van der Waals surface area contributed by atoms with Gasteiger partial charge in [0.2, 0.25) is 0 Å². The van der Waals surface area contributed by atoms with Crippen molar-refractivity contribution in [3.8, 4) is 0 Å². The summed E-state index contributed by atoms with van der Waals surface area (Å²) in [5, 5.41) is 0. The van der Waals surface area contributed by atoms with Crippen molar-refractivity contribution in [1.82, 2.24) is 0 Å².